The van der Waals surface area contributed by atoms with E-state index in [2.05, 4.69) is 19.2 Å². The summed E-state index contributed by atoms with van der Waals surface area (Å²) in [4.78, 5) is 11.6. The van der Waals surface area contributed by atoms with Gasteiger partial charge in [0.15, 0.2) is 0 Å². The molecule has 0 bridgehead atoms. The first kappa shape index (κ1) is 12.9. The lowest BCUT2D eigenvalue weighted by molar-refractivity contribution is -0.117. The maximum atomic E-state index is 11.6. The summed E-state index contributed by atoms with van der Waals surface area (Å²) in [5.74, 6) is 1.83. The molecule has 2 rings (SSSR count). The number of rotatable bonds is 6. The lowest BCUT2D eigenvalue weighted by atomic mass is 10.1. The van der Waals surface area contributed by atoms with E-state index in [0.717, 1.165) is 37.3 Å². The predicted molar refractivity (Wildman–Crippen MR) is 72.7 cm³/mol. The van der Waals surface area contributed by atoms with E-state index in [1.165, 1.54) is 0 Å². The zero-order valence-electron chi connectivity index (χ0n) is 11.1. The molecule has 3 heteroatoms. The molecule has 0 radical (unpaired) electrons. The molecule has 0 atom stereocenters. The molecule has 1 N–H and O–H groups in total. The van der Waals surface area contributed by atoms with Crippen molar-refractivity contribution in [3.05, 3.63) is 24.3 Å². The van der Waals surface area contributed by atoms with Crippen molar-refractivity contribution in [2.75, 3.05) is 11.9 Å². The summed E-state index contributed by atoms with van der Waals surface area (Å²) in [5, 5.41) is 2.92. The number of amides is 1. The summed E-state index contributed by atoms with van der Waals surface area (Å²) in [6, 6.07) is 7.62. The van der Waals surface area contributed by atoms with E-state index in [1.807, 2.05) is 24.3 Å². The highest BCUT2D eigenvalue weighted by Gasteiger charge is 2.29. The predicted octanol–water partition coefficient (Wildman–Crippen LogP) is 3.46. The van der Waals surface area contributed by atoms with Gasteiger partial charge in [-0.1, -0.05) is 19.9 Å². The Labute approximate surface area is 109 Å². The first-order chi connectivity index (χ1) is 8.65. The summed E-state index contributed by atoms with van der Waals surface area (Å²) in [6.07, 6.45) is 3.09. The highest BCUT2D eigenvalue weighted by Crippen LogP contribution is 2.30. The molecule has 1 fully saturated rings. The van der Waals surface area contributed by atoms with Crippen molar-refractivity contribution in [3.8, 4) is 5.75 Å². The summed E-state index contributed by atoms with van der Waals surface area (Å²) in [5.41, 5.74) is 0.828. The van der Waals surface area contributed by atoms with E-state index in [0.29, 0.717) is 5.92 Å². The SMILES string of the molecule is CC(C)CCOc1cccc(NC(=O)C2CC2)c1. The van der Waals surface area contributed by atoms with Crippen LogP contribution in [0.2, 0.25) is 0 Å². The fourth-order valence-corrected chi connectivity index (χ4v) is 1.67. The largest absolute Gasteiger partial charge is 0.494 e. The first-order valence-electron chi connectivity index (χ1n) is 6.69. The quantitative estimate of drug-likeness (QED) is 0.836. The van der Waals surface area contributed by atoms with Gasteiger partial charge < -0.3 is 10.1 Å². The number of carbonyl (C=O) groups excluding carboxylic acids is 1. The average Bonchev–Trinajstić information content (AvgIpc) is 3.12. The molecular formula is C15H21NO2. The third-order valence-corrected chi connectivity index (χ3v) is 3.01. The van der Waals surface area contributed by atoms with Crippen molar-refractivity contribution >= 4 is 11.6 Å². The van der Waals surface area contributed by atoms with Gasteiger partial charge in [-0.25, -0.2) is 0 Å². The van der Waals surface area contributed by atoms with Crippen LogP contribution in [-0.4, -0.2) is 12.5 Å². The summed E-state index contributed by atoms with van der Waals surface area (Å²) in [7, 11) is 0. The molecule has 1 amide bonds. The molecule has 1 aliphatic rings. The van der Waals surface area contributed by atoms with Crippen molar-refractivity contribution in [3.63, 3.8) is 0 Å². The molecule has 1 aromatic rings. The number of anilines is 1. The standard InChI is InChI=1S/C15H21NO2/c1-11(2)8-9-18-14-5-3-4-13(10-14)16-15(17)12-6-7-12/h3-5,10-12H,6-9H2,1-2H3,(H,16,17). The first-order valence-corrected chi connectivity index (χ1v) is 6.69. The van der Waals surface area contributed by atoms with Crippen LogP contribution in [0.1, 0.15) is 33.1 Å². The van der Waals surface area contributed by atoms with Crippen LogP contribution in [0.3, 0.4) is 0 Å². The molecule has 0 unspecified atom stereocenters. The summed E-state index contributed by atoms with van der Waals surface area (Å²) >= 11 is 0. The maximum absolute atomic E-state index is 11.6. The summed E-state index contributed by atoms with van der Waals surface area (Å²) < 4.78 is 5.66. The van der Waals surface area contributed by atoms with Gasteiger partial charge in [0.1, 0.15) is 5.75 Å². The highest BCUT2D eigenvalue weighted by atomic mass is 16.5. The van der Waals surface area contributed by atoms with Gasteiger partial charge in [0.2, 0.25) is 5.91 Å². The van der Waals surface area contributed by atoms with E-state index in [-0.39, 0.29) is 11.8 Å². The van der Waals surface area contributed by atoms with Gasteiger partial charge in [-0.15, -0.1) is 0 Å². The van der Waals surface area contributed by atoms with Crippen LogP contribution >= 0.6 is 0 Å². The van der Waals surface area contributed by atoms with Crippen LogP contribution in [0.25, 0.3) is 0 Å². The van der Waals surface area contributed by atoms with E-state index in [9.17, 15) is 4.79 Å². The number of hydrogen-bond acceptors (Lipinski definition) is 2. The van der Waals surface area contributed by atoms with E-state index in [1.54, 1.807) is 0 Å². The van der Waals surface area contributed by atoms with Crippen LogP contribution in [0.4, 0.5) is 5.69 Å². The Bertz CT molecular complexity index is 411. The second kappa shape index (κ2) is 5.89. The zero-order valence-corrected chi connectivity index (χ0v) is 11.1. The van der Waals surface area contributed by atoms with Crippen molar-refractivity contribution in [2.24, 2.45) is 11.8 Å². The van der Waals surface area contributed by atoms with Crippen molar-refractivity contribution in [1.82, 2.24) is 0 Å². The van der Waals surface area contributed by atoms with Gasteiger partial charge in [0.05, 0.1) is 6.61 Å². The molecule has 18 heavy (non-hydrogen) atoms. The third-order valence-electron chi connectivity index (χ3n) is 3.01. The number of benzene rings is 1. The molecule has 1 saturated carbocycles. The Morgan fingerprint density at radius 3 is 2.89 bits per heavy atom. The molecule has 1 aromatic carbocycles. The molecule has 0 spiro atoms. The molecular weight excluding hydrogens is 226 g/mol. The van der Waals surface area contributed by atoms with E-state index >= 15 is 0 Å². The summed E-state index contributed by atoms with van der Waals surface area (Å²) in [6.45, 7) is 5.07. The zero-order chi connectivity index (χ0) is 13.0. The number of carbonyl (C=O) groups is 1. The van der Waals surface area contributed by atoms with Crippen molar-refractivity contribution in [2.45, 2.75) is 33.1 Å². The van der Waals surface area contributed by atoms with Crippen LogP contribution in [0, 0.1) is 11.8 Å². The Kier molecular flexibility index (Phi) is 4.24. The van der Waals surface area contributed by atoms with Crippen LogP contribution in [0.15, 0.2) is 24.3 Å². The molecule has 0 heterocycles. The van der Waals surface area contributed by atoms with Crippen molar-refractivity contribution in [1.29, 1.82) is 0 Å². The monoisotopic (exact) mass is 247 g/mol. The average molecular weight is 247 g/mol. The lowest BCUT2D eigenvalue weighted by Gasteiger charge is -2.10. The minimum atomic E-state index is 0.134. The third kappa shape index (κ3) is 4.06. The Morgan fingerprint density at radius 1 is 1.44 bits per heavy atom. The second-order valence-corrected chi connectivity index (χ2v) is 5.32. The minimum absolute atomic E-state index is 0.134. The van der Waals surface area contributed by atoms with Gasteiger partial charge in [-0.3, -0.25) is 4.79 Å². The number of ether oxygens (including phenoxy) is 1. The second-order valence-electron chi connectivity index (χ2n) is 5.32. The fourth-order valence-electron chi connectivity index (χ4n) is 1.67. The molecule has 0 aromatic heterocycles. The minimum Gasteiger partial charge on any atom is -0.494 e. The fraction of sp³-hybridized carbons (Fsp3) is 0.533. The Hall–Kier alpha value is -1.51. The Balaban J connectivity index is 1.86. The normalized spacial score (nSPS) is 14.6. The number of nitrogens with one attached hydrogen (secondary N) is 1. The Morgan fingerprint density at radius 2 is 2.22 bits per heavy atom. The van der Waals surface area contributed by atoms with Gasteiger partial charge >= 0.3 is 0 Å². The highest BCUT2D eigenvalue weighted by molar-refractivity contribution is 5.94. The lowest BCUT2D eigenvalue weighted by Crippen LogP contribution is -2.13. The smallest absolute Gasteiger partial charge is 0.227 e. The maximum Gasteiger partial charge on any atom is 0.227 e. The van der Waals surface area contributed by atoms with Gasteiger partial charge in [0, 0.05) is 17.7 Å². The topological polar surface area (TPSA) is 38.3 Å². The van der Waals surface area contributed by atoms with Crippen LogP contribution < -0.4 is 10.1 Å². The molecule has 0 saturated heterocycles. The van der Waals surface area contributed by atoms with Crippen LogP contribution in [-0.2, 0) is 4.79 Å². The van der Waals surface area contributed by atoms with Crippen LogP contribution in [0.5, 0.6) is 5.75 Å². The molecule has 98 valence electrons. The van der Waals surface area contributed by atoms with E-state index in [4.69, 9.17) is 4.74 Å². The van der Waals surface area contributed by atoms with Gasteiger partial charge in [-0.2, -0.15) is 0 Å². The van der Waals surface area contributed by atoms with Gasteiger partial charge in [-0.05, 0) is 37.3 Å². The van der Waals surface area contributed by atoms with E-state index < -0.39 is 0 Å². The number of hydrogen-bond donors (Lipinski definition) is 1. The molecule has 3 nitrogen and oxygen atoms in total. The molecule has 1 aliphatic carbocycles. The molecule has 0 aliphatic heterocycles. The van der Waals surface area contributed by atoms with Crippen molar-refractivity contribution < 1.29 is 9.53 Å². The van der Waals surface area contributed by atoms with Gasteiger partial charge in [0.25, 0.3) is 0 Å².